The molecule has 192 valence electrons. The van der Waals surface area contributed by atoms with Crippen LogP contribution in [0.5, 0.6) is 0 Å². The summed E-state index contributed by atoms with van der Waals surface area (Å²) in [5.41, 5.74) is 8.76. The van der Waals surface area contributed by atoms with Gasteiger partial charge in [0.2, 0.25) is 5.91 Å². The standard InChI is InChI=1S/C29H37N3O4/c1-19(2)18-36-29(35)32-27(30)23-12-9-21(10-13-23)11-16-26(33)20(3)31-28(34)25-15-14-24(17-25)22-7-5-4-6-8-22/h4-10,12-13,19-20,24-25H,11,14-18H2,1-3H3,(H,31,34)(H2,30,32,35)/t20-,24+,25+/m0/s1. The van der Waals surface area contributed by atoms with Gasteiger partial charge in [0.25, 0.3) is 0 Å². The Hall–Kier alpha value is -3.48. The van der Waals surface area contributed by atoms with Gasteiger partial charge in [0.1, 0.15) is 5.84 Å². The summed E-state index contributed by atoms with van der Waals surface area (Å²) in [6.45, 7) is 5.92. The van der Waals surface area contributed by atoms with E-state index < -0.39 is 12.1 Å². The number of ketones is 1. The van der Waals surface area contributed by atoms with Crippen LogP contribution >= 0.6 is 0 Å². The minimum Gasteiger partial charge on any atom is -0.448 e. The van der Waals surface area contributed by atoms with E-state index in [1.807, 2.05) is 44.2 Å². The Morgan fingerprint density at radius 1 is 1.03 bits per heavy atom. The Kier molecular flexibility index (Phi) is 9.79. The Morgan fingerprint density at radius 2 is 1.72 bits per heavy atom. The van der Waals surface area contributed by atoms with E-state index in [1.165, 1.54) is 5.56 Å². The molecule has 0 spiro atoms. The molecule has 1 aliphatic rings. The first-order valence-corrected chi connectivity index (χ1v) is 12.7. The third-order valence-electron chi connectivity index (χ3n) is 6.58. The van der Waals surface area contributed by atoms with Crippen LogP contribution in [0, 0.1) is 11.8 Å². The first kappa shape index (κ1) is 27.1. The number of nitrogens with two attached hydrogens (primary N) is 1. The number of amides is 2. The quantitative estimate of drug-likeness (QED) is 0.367. The van der Waals surface area contributed by atoms with Crippen molar-refractivity contribution in [3.63, 3.8) is 0 Å². The van der Waals surface area contributed by atoms with Crippen molar-refractivity contribution in [1.29, 1.82) is 0 Å². The highest BCUT2D eigenvalue weighted by Crippen LogP contribution is 2.38. The fourth-order valence-electron chi connectivity index (χ4n) is 4.42. The van der Waals surface area contributed by atoms with E-state index in [0.717, 1.165) is 24.8 Å². The van der Waals surface area contributed by atoms with Crippen LogP contribution in [-0.4, -0.2) is 36.3 Å². The third-order valence-corrected chi connectivity index (χ3v) is 6.58. The highest BCUT2D eigenvalue weighted by Gasteiger charge is 2.31. The summed E-state index contributed by atoms with van der Waals surface area (Å²) in [4.78, 5) is 40.9. The molecule has 0 aliphatic heterocycles. The number of carbonyl (C=O) groups is 3. The molecule has 7 nitrogen and oxygen atoms in total. The average Bonchev–Trinajstić information content (AvgIpc) is 3.37. The van der Waals surface area contributed by atoms with Crippen LogP contribution < -0.4 is 11.1 Å². The zero-order valence-corrected chi connectivity index (χ0v) is 21.4. The van der Waals surface area contributed by atoms with E-state index in [1.54, 1.807) is 19.1 Å². The van der Waals surface area contributed by atoms with Gasteiger partial charge in [-0.25, -0.2) is 4.79 Å². The van der Waals surface area contributed by atoms with Crippen molar-refractivity contribution in [3.05, 3.63) is 71.3 Å². The lowest BCUT2D eigenvalue weighted by Crippen LogP contribution is -2.41. The van der Waals surface area contributed by atoms with Crippen LogP contribution in [0.25, 0.3) is 0 Å². The molecule has 0 bridgehead atoms. The first-order chi connectivity index (χ1) is 17.2. The maximum Gasteiger partial charge on any atom is 0.435 e. The SMILES string of the molecule is CC(C)COC(=O)N=C(N)c1ccc(CCC(=O)[C@H](C)NC(=O)[C@@H]2CC[C@@H](c3ccccc3)C2)cc1. The maximum absolute atomic E-state index is 12.7. The van der Waals surface area contributed by atoms with E-state index in [4.69, 9.17) is 10.5 Å². The van der Waals surface area contributed by atoms with Gasteiger partial charge >= 0.3 is 6.09 Å². The fourth-order valence-corrected chi connectivity index (χ4v) is 4.42. The number of carbonyl (C=O) groups excluding carboxylic acids is 3. The van der Waals surface area contributed by atoms with Gasteiger partial charge in [-0.1, -0.05) is 68.4 Å². The minimum absolute atomic E-state index is 0.000919. The van der Waals surface area contributed by atoms with Crippen LogP contribution in [0.3, 0.4) is 0 Å². The van der Waals surface area contributed by atoms with E-state index in [-0.39, 0.29) is 36.0 Å². The summed E-state index contributed by atoms with van der Waals surface area (Å²) in [5, 5.41) is 2.92. The second-order valence-electron chi connectivity index (χ2n) is 9.98. The molecule has 1 saturated carbocycles. The summed E-state index contributed by atoms with van der Waals surface area (Å²) in [7, 11) is 0. The summed E-state index contributed by atoms with van der Waals surface area (Å²) in [6.07, 6.45) is 2.83. The minimum atomic E-state index is -0.708. The average molecular weight is 492 g/mol. The monoisotopic (exact) mass is 491 g/mol. The number of amidine groups is 1. The van der Waals surface area contributed by atoms with Gasteiger partial charge in [0.15, 0.2) is 5.78 Å². The highest BCUT2D eigenvalue weighted by atomic mass is 16.5. The number of hydrogen-bond donors (Lipinski definition) is 2. The topological polar surface area (TPSA) is 111 Å². The molecule has 3 atom stereocenters. The van der Waals surface area contributed by atoms with Gasteiger partial charge in [0.05, 0.1) is 12.6 Å². The number of nitrogens with zero attached hydrogens (tertiary/aromatic N) is 1. The smallest absolute Gasteiger partial charge is 0.435 e. The third kappa shape index (κ3) is 8.04. The predicted octanol–water partition coefficient (Wildman–Crippen LogP) is 4.77. The molecule has 2 aromatic carbocycles. The molecule has 3 N–H and O–H groups in total. The molecule has 1 fully saturated rings. The molecule has 0 saturated heterocycles. The summed E-state index contributed by atoms with van der Waals surface area (Å²) in [5.74, 6) is 0.634. The number of Topliss-reactive ketones (excluding diaryl/α,β-unsaturated/α-hetero) is 1. The number of benzene rings is 2. The Bertz CT molecular complexity index is 1060. The Morgan fingerprint density at radius 3 is 2.39 bits per heavy atom. The number of aliphatic imine (C=N–C) groups is 1. The highest BCUT2D eigenvalue weighted by molar-refractivity contribution is 6.02. The van der Waals surface area contributed by atoms with E-state index in [2.05, 4.69) is 22.4 Å². The predicted molar refractivity (Wildman–Crippen MR) is 141 cm³/mol. The number of rotatable bonds is 10. The number of aryl methyl sites for hydroxylation is 1. The summed E-state index contributed by atoms with van der Waals surface area (Å²) < 4.78 is 5.02. The largest absolute Gasteiger partial charge is 0.448 e. The van der Waals surface area contributed by atoms with Gasteiger partial charge in [-0.2, -0.15) is 4.99 Å². The van der Waals surface area contributed by atoms with Crippen molar-refractivity contribution >= 4 is 23.6 Å². The molecule has 7 heteroatoms. The summed E-state index contributed by atoms with van der Waals surface area (Å²) >= 11 is 0. The fraction of sp³-hybridized carbons (Fsp3) is 0.448. The van der Waals surface area contributed by atoms with Crippen molar-refractivity contribution in [2.24, 2.45) is 22.6 Å². The first-order valence-electron chi connectivity index (χ1n) is 12.7. The van der Waals surface area contributed by atoms with Crippen LogP contribution in [0.15, 0.2) is 59.6 Å². The number of nitrogens with one attached hydrogen (secondary N) is 1. The van der Waals surface area contributed by atoms with Gasteiger partial charge in [-0.3, -0.25) is 9.59 Å². The summed E-state index contributed by atoms with van der Waals surface area (Å²) in [6, 6.07) is 17.0. The van der Waals surface area contributed by atoms with Crippen LogP contribution in [-0.2, 0) is 20.7 Å². The lowest BCUT2D eigenvalue weighted by atomic mass is 9.96. The van der Waals surface area contributed by atoms with Gasteiger partial charge < -0.3 is 15.8 Å². The maximum atomic E-state index is 12.7. The lowest BCUT2D eigenvalue weighted by Gasteiger charge is -2.17. The lowest BCUT2D eigenvalue weighted by molar-refractivity contribution is -0.129. The van der Waals surface area contributed by atoms with Crippen molar-refractivity contribution in [2.45, 2.75) is 64.8 Å². The van der Waals surface area contributed by atoms with Crippen molar-refractivity contribution in [3.8, 4) is 0 Å². The van der Waals surface area contributed by atoms with Crippen LogP contribution in [0.4, 0.5) is 4.79 Å². The molecular weight excluding hydrogens is 454 g/mol. The Balaban J connectivity index is 1.43. The molecule has 0 heterocycles. The molecule has 0 radical (unpaired) electrons. The molecule has 2 aromatic rings. The normalized spacial score (nSPS) is 18.6. The van der Waals surface area contributed by atoms with Crippen LogP contribution in [0.1, 0.15) is 69.1 Å². The second-order valence-corrected chi connectivity index (χ2v) is 9.98. The second kappa shape index (κ2) is 13.0. The van der Waals surface area contributed by atoms with Crippen molar-refractivity contribution in [2.75, 3.05) is 6.61 Å². The molecular formula is C29H37N3O4. The van der Waals surface area contributed by atoms with Gasteiger partial charge in [0, 0.05) is 17.9 Å². The van der Waals surface area contributed by atoms with Gasteiger partial charge in [-0.05, 0) is 55.6 Å². The molecule has 1 aliphatic carbocycles. The van der Waals surface area contributed by atoms with E-state index >= 15 is 0 Å². The molecule has 3 rings (SSSR count). The Labute approximate surface area is 213 Å². The van der Waals surface area contributed by atoms with Crippen molar-refractivity contribution < 1.29 is 19.1 Å². The molecule has 0 aromatic heterocycles. The zero-order chi connectivity index (χ0) is 26.1. The van der Waals surface area contributed by atoms with E-state index in [9.17, 15) is 14.4 Å². The zero-order valence-electron chi connectivity index (χ0n) is 21.4. The number of hydrogen-bond acceptors (Lipinski definition) is 4. The molecule has 2 amide bonds. The van der Waals surface area contributed by atoms with Gasteiger partial charge in [-0.15, -0.1) is 0 Å². The molecule has 0 unspecified atom stereocenters. The van der Waals surface area contributed by atoms with E-state index in [0.29, 0.717) is 24.3 Å². The molecule has 36 heavy (non-hydrogen) atoms. The van der Waals surface area contributed by atoms with Crippen molar-refractivity contribution in [1.82, 2.24) is 5.32 Å². The van der Waals surface area contributed by atoms with Crippen LogP contribution in [0.2, 0.25) is 0 Å². The number of ether oxygens (including phenoxy) is 1.